The monoisotopic (exact) mass is 493 g/mol. The van der Waals surface area contributed by atoms with Crippen molar-refractivity contribution in [2.75, 3.05) is 20.3 Å². The number of rotatable bonds is 7. The van der Waals surface area contributed by atoms with Gasteiger partial charge in [-0.1, -0.05) is 6.07 Å². The van der Waals surface area contributed by atoms with Crippen LogP contribution in [-0.2, 0) is 11.0 Å². The van der Waals surface area contributed by atoms with Gasteiger partial charge in [0.15, 0.2) is 16.7 Å². The molecule has 1 atom stereocenters. The number of alkyl halides is 3. The fraction of sp³-hybridized carbons (Fsp3) is 0.227. The summed E-state index contributed by atoms with van der Waals surface area (Å²) in [7, 11) is 1.32. The minimum atomic E-state index is -4.74. The SMILES string of the molecule is COc1cc(/C=C2/SC(NCC(O)CO)=NC2=O)ccc1Oc1ccc(C#N)cc1C(F)(F)F. The van der Waals surface area contributed by atoms with Crippen molar-refractivity contribution < 1.29 is 37.7 Å². The number of aliphatic hydroxyl groups excluding tert-OH is 2. The van der Waals surface area contributed by atoms with Gasteiger partial charge in [0.2, 0.25) is 0 Å². The van der Waals surface area contributed by atoms with Gasteiger partial charge < -0.3 is 25.0 Å². The van der Waals surface area contributed by atoms with Gasteiger partial charge in [0, 0.05) is 6.54 Å². The van der Waals surface area contributed by atoms with Crippen molar-refractivity contribution in [2.45, 2.75) is 12.3 Å². The number of thioether (sulfide) groups is 1. The van der Waals surface area contributed by atoms with Crippen molar-refractivity contribution in [3.8, 4) is 23.3 Å². The minimum Gasteiger partial charge on any atom is -0.493 e. The minimum absolute atomic E-state index is 0.00172. The summed E-state index contributed by atoms with van der Waals surface area (Å²) in [5.74, 6) is -0.890. The van der Waals surface area contributed by atoms with E-state index in [-0.39, 0.29) is 33.7 Å². The van der Waals surface area contributed by atoms with E-state index in [1.807, 2.05) is 0 Å². The zero-order chi connectivity index (χ0) is 24.9. The van der Waals surface area contributed by atoms with Crippen LogP contribution in [0.4, 0.5) is 13.2 Å². The molecule has 1 unspecified atom stereocenters. The van der Waals surface area contributed by atoms with Crippen molar-refractivity contribution in [3.63, 3.8) is 0 Å². The Balaban J connectivity index is 1.82. The molecule has 12 heteroatoms. The summed E-state index contributed by atoms with van der Waals surface area (Å²) in [4.78, 5) is 16.2. The van der Waals surface area contributed by atoms with Gasteiger partial charge in [-0.2, -0.15) is 23.4 Å². The Hall–Kier alpha value is -3.53. The number of benzene rings is 2. The van der Waals surface area contributed by atoms with E-state index in [0.29, 0.717) is 11.6 Å². The molecule has 0 bridgehead atoms. The molecule has 0 saturated carbocycles. The van der Waals surface area contributed by atoms with Crippen molar-refractivity contribution in [2.24, 2.45) is 4.99 Å². The maximum Gasteiger partial charge on any atom is 0.420 e. The van der Waals surface area contributed by atoms with Crippen molar-refractivity contribution in [1.82, 2.24) is 5.32 Å². The summed E-state index contributed by atoms with van der Waals surface area (Å²) in [5, 5.41) is 30.1. The number of amidine groups is 1. The molecule has 1 aliphatic rings. The zero-order valence-electron chi connectivity index (χ0n) is 17.6. The number of nitrogens with one attached hydrogen (secondary N) is 1. The molecule has 0 spiro atoms. The van der Waals surface area contributed by atoms with Gasteiger partial charge in [-0.3, -0.25) is 4.79 Å². The second kappa shape index (κ2) is 10.6. The van der Waals surface area contributed by atoms with Gasteiger partial charge in [-0.05, 0) is 53.7 Å². The van der Waals surface area contributed by atoms with Crippen molar-refractivity contribution in [1.29, 1.82) is 5.26 Å². The number of carbonyl (C=O) groups excluding carboxylic acids is 1. The fourth-order valence-corrected chi connectivity index (χ4v) is 3.61. The van der Waals surface area contributed by atoms with E-state index in [9.17, 15) is 23.1 Å². The van der Waals surface area contributed by atoms with E-state index < -0.39 is 36.1 Å². The summed E-state index contributed by atoms with van der Waals surface area (Å²) in [6.07, 6.45) is -4.22. The summed E-state index contributed by atoms with van der Waals surface area (Å²) in [6, 6.07) is 9.04. The van der Waals surface area contributed by atoms with E-state index in [4.69, 9.17) is 19.8 Å². The van der Waals surface area contributed by atoms with E-state index in [2.05, 4.69) is 10.3 Å². The van der Waals surface area contributed by atoms with E-state index >= 15 is 0 Å². The third kappa shape index (κ3) is 6.07. The predicted molar refractivity (Wildman–Crippen MR) is 118 cm³/mol. The number of amides is 1. The molecule has 3 N–H and O–H groups in total. The van der Waals surface area contributed by atoms with Gasteiger partial charge in [-0.15, -0.1) is 0 Å². The lowest BCUT2D eigenvalue weighted by molar-refractivity contribution is -0.138. The molecular formula is C22H18F3N3O5S. The Morgan fingerprint density at radius 3 is 2.62 bits per heavy atom. The first kappa shape index (κ1) is 25.1. The molecule has 0 radical (unpaired) electrons. The Bertz CT molecular complexity index is 1190. The lowest BCUT2D eigenvalue weighted by atomic mass is 10.1. The van der Waals surface area contributed by atoms with Crippen LogP contribution in [0.5, 0.6) is 17.2 Å². The molecule has 1 aliphatic heterocycles. The smallest absolute Gasteiger partial charge is 0.420 e. The van der Waals surface area contributed by atoms with Crippen molar-refractivity contribution >= 4 is 28.9 Å². The van der Waals surface area contributed by atoms with Crippen LogP contribution in [-0.4, -0.2) is 47.7 Å². The van der Waals surface area contributed by atoms with E-state index in [1.54, 1.807) is 6.07 Å². The third-order valence-electron chi connectivity index (χ3n) is 4.44. The number of halogens is 3. The Morgan fingerprint density at radius 1 is 1.24 bits per heavy atom. The predicted octanol–water partition coefficient (Wildman–Crippen LogP) is 3.29. The molecule has 0 fully saturated rings. The summed E-state index contributed by atoms with van der Waals surface area (Å²) in [6.45, 7) is -0.430. The van der Waals surface area contributed by atoms with Gasteiger partial charge in [0.05, 0.1) is 41.9 Å². The number of aliphatic hydroxyl groups is 2. The fourth-order valence-electron chi connectivity index (χ4n) is 2.79. The summed E-state index contributed by atoms with van der Waals surface area (Å²) in [5.41, 5.74) is -0.756. The maximum absolute atomic E-state index is 13.4. The molecule has 3 rings (SSSR count). The Labute approximate surface area is 196 Å². The van der Waals surface area contributed by atoms with Crippen LogP contribution < -0.4 is 14.8 Å². The highest BCUT2D eigenvalue weighted by molar-refractivity contribution is 8.18. The van der Waals surface area contributed by atoms with Gasteiger partial charge in [-0.25, -0.2) is 0 Å². The quantitative estimate of drug-likeness (QED) is 0.502. The molecule has 1 heterocycles. The number of ether oxygens (including phenoxy) is 2. The molecule has 2 aromatic carbocycles. The maximum atomic E-state index is 13.4. The van der Waals surface area contributed by atoms with Gasteiger partial charge in [0.1, 0.15) is 5.75 Å². The van der Waals surface area contributed by atoms with E-state index in [0.717, 1.165) is 17.8 Å². The number of nitrogens with zero attached hydrogens (tertiary/aromatic N) is 2. The molecule has 0 saturated heterocycles. The summed E-state index contributed by atoms with van der Waals surface area (Å²) < 4.78 is 51.0. The molecule has 0 aliphatic carbocycles. The molecule has 2 aromatic rings. The normalized spacial score (nSPS) is 15.6. The second-order valence-electron chi connectivity index (χ2n) is 6.88. The highest BCUT2D eigenvalue weighted by Gasteiger charge is 2.35. The van der Waals surface area contributed by atoms with Crippen LogP contribution in [0.15, 0.2) is 46.3 Å². The first-order chi connectivity index (χ1) is 16.1. The highest BCUT2D eigenvalue weighted by atomic mass is 32.2. The molecule has 178 valence electrons. The van der Waals surface area contributed by atoms with Gasteiger partial charge in [0.25, 0.3) is 5.91 Å². The standard InChI is InChI=1S/C22H18F3N3O5S/c1-32-18-7-12(8-19-20(31)28-21(34-19)27-10-14(30)11-29)2-5-17(18)33-16-4-3-13(9-26)6-15(16)22(23,24)25/h2-8,14,29-30H,10-11H2,1H3,(H,27,28,31)/b19-8+. The Morgan fingerprint density at radius 2 is 1.97 bits per heavy atom. The van der Waals surface area contributed by atoms with Crippen LogP contribution in [0.25, 0.3) is 6.08 Å². The van der Waals surface area contributed by atoms with E-state index in [1.165, 1.54) is 37.5 Å². The lowest BCUT2D eigenvalue weighted by Crippen LogP contribution is -2.31. The third-order valence-corrected chi connectivity index (χ3v) is 5.38. The average molecular weight is 493 g/mol. The number of nitriles is 1. The molecule has 8 nitrogen and oxygen atoms in total. The topological polar surface area (TPSA) is 124 Å². The van der Waals surface area contributed by atoms with Crippen LogP contribution in [0.2, 0.25) is 0 Å². The first-order valence-electron chi connectivity index (χ1n) is 9.67. The molecule has 34 heavy (non-hydrogen) atoms. The number of hydrogen-bond acceptors (Lipinski definition) is 8. The average Bonchev–Trinajstić information content (AvgIpc) is 3.16. The molecule has 0 aromatic heterocycles. The van der Waals surface area contributed by atoms with Crippen LogP contribution in [0, 0.1) is 11.3 Å². The number of aliphatic imine (C=N–C) groups is 1. The Kier molecular flexibility index (Phi) is 7.83. The second-order valence-corrected chi connectivity index (χ2v) is 7.91. The molecular weight excluding hydrogens is 475 g/mol. The van der Waals surface area contributed by atoms with Crippen LogP contribution in [0.1, 0.15) is 16.7 Å². The zero-order valence-corrected chi connectivity index (χ0v) is 18.4. The van der Waals surface area contributed by atoms with Crippen LogP contribution >= 0.6 is 11.8 Å². The number of methoxy groups -OCH3 is 1. The van der Waals surface area contributed by atoms with Crippen molar-refractivity contribution in [3.05, 3.63) is 58.0 Å². The number of carbonyl (C=O) groups is 1. The molecule has 1 amide bonds. The highest BCUT2D eigenvalue weighted by Crippen LogP contribution is 2.41. The summed E-state index contributed by atoms with van der Waals surface area (Å²) >= 11 is 1.03. The van der Waals surface area contributed by atoms with Gasteiger partial charge >= 0.3 is 6.18 Å². The largest absolute Gasteiger partial charge is 0.493 e. The number of hydrogen-bond donors (Lipinski definition) is 3. The first-order valence-corrected chi connectivity index (χ1v) is 10.5. The lowest BCUT2D eigenvalue weighted by Gasteiger charge is -2.16. The van der Waals surface area contributed by atoms with Crippen LogP contribution in [0.3, 0.4) is 0 Å².